The number of hydrogen-bond donors (Lipinski definition) is 1. The summed E-state index contributed by atoms with van der Waals surface area (Å²) in [4.78, 5) is 13.0. The molecule has 1 atom stereocenters. The third-order valence-electron chi connectivity index (χ3n) is 3.87. The maximum absolute atomic E-state index is 12.5. The smallest absolute Gasteiger partial charge is 0.331 e. The molecule has 6 heteroatoms. The first kappa shape index (κ1) is 17.3. The first-order valence-corrected chi connectivity index (χ1v) is 7.31. The topological polar surface area (TPSA) is 46.3 Å². The van der Waals surface area contributed by atoms with E-state index >= 15 is 0 Å². The van der Waals surface area contributed by atoms with Crippen LogP contribution in [0.25, 0.3) is 0 Å². The molecule has 0 saturated heterocycles. The van der Waals surface area contributed by atoms with Crippen LogP contribution < -0.4 is 5.73 Å². The molecule has 0 aromatic heterocycles. The second kappa shape index (κ2) is 7.29. The van der Waals surface area contributed by atoms with Gasteiger partial charge in [0, 0.05) is 12.5 Å². The average molecular weight is 294 g/mol. The fourth-order valence-electron chi connectivity index (χ4n) is 2.48. The number of nitrogens with zero attached hydrogens (tertiary/aromatic N) is 1. The summed E-state index contributed by atoms with van der Waals surface area (Å²) in [5.41, 5.74) is 5.53. The molecule has 0 aromatic carbocycles. The highest BCUT2D eigenvalue weighted by atomic mass is 19.4. The molecule has 1 aliphatic rings. The van der Waals surface area contributed by atoms with Crippen LogP contribution in [-0.4, -0.2) is 36.1 Å². The van der Waals surface area contributed by atoms with Crippen molar-refractivity contribution in [2.45, 2.75) is 58.2 Å². The standard InChI is InChI=1S/C14H25F3N2O/c1-10(2)11(7-8-18)3-6-13(20)19(12-4-5-12)9-14(15,16)17/h10-12H,3-9,18H2,1-2H3. The highest BCUT2D eigenvalue weighted by Gasteiger charge is 2.40. The first-order valence-electron chi connectivity index (χ1n) is 7.31. The number of rotatable bonds is 8. The van der Waals surface area contributed by atoms with E-state index in [2.05, 4.69) is 13.8 Å². The molecule has 0 aliphatic heterocycles. The van der Waals surface area contributed by atoms with Gasteiger partial charge in [0.2, 0.25) is 5.91 Å². The van der Waals surface area contributed by atoms with E-state index in [-0.39, 0.29) is 18.4 Å². The largest absolute Gasteiger partial charge is 0.406 e. The van der Waals surface area contributed by atoms with Crippen molar-refractivity contribution in [1.29, 1.82) is 0 Å². The van der Waals surface area contributed by atoms with Gasteiger partial charge in [-0.25, -0.2) is 0 Å². The van der Waals surface area contributed by atoms with Crippen LogP contribution in [0.1, 0.15) is 46.0 Å². The molecule has 0 heterocycles. The Morgan fingerprint density at radius 1 is 1.30 bits per heavy atom. The van der Waals surface area contributed by atoms with Crippen molar-refractivity contribution in [3.63, 3.8) is 0 Å². The minimum absolute atomic E-state index is 0.190. The van der Waals surface area contributed by atoms with Crippen LogP contribution in [0.2, 0.25) is 0 Å². The normalized spacial score (nSPS) is 17.4. The summed E-state index contributed by atoms with van der Waals surface area (Å²) < 4.78 is 37.5. The minimum Gasteiger partial charge on any atom is -0.331 e. The lowest BCUT2D eigenvalue weighted by molar-refractivity contribution is -0.162. The molecule has 3 nitrogen and oxygen atoms in total. The van der Waals surface area contributed by atoms with E-state index in [0.717, 1.165) is 11.3 Å². The third kappa shape index (κ3) is 6.11. The van der Waals surface area contributed by atoms with E-state index in [4.69, 9.17) is 5.73 Å². The van der Waals surface area contributed by atoms with Crippen LogP contribution >= 0.6 is 0 Å². The number of amides is 1. The lowest BCUT2D eigenvalue weighted by Gasteiger charge is -2.26. The summed E-state index contributed by atoms with van der Waals surface area (Å²) in [5, 5.41) is 0. The molecule has 1 amide bonds. The Morgan fingerprint density at radius 2 is 1.90 bits per heavy atom. The van der Waals surface area contributed by atoms with Crippen LogP contribution in [0.4, 0.5) is 13.2 Å². The summed E-state index contributed by atoms with van der Waals surface area (Å²) in [6.07, 6.45) is -1.30. The number of carbonyl (C=O) groups excluding carboxylic acids is 1. The third-order valence-corrected chi connectivity index (χ3v) is 3.87. The van der Waals surface area contributed by atoms with E-state index < -0.39 is 12.7 Å². The molecule has 0 radical (unpaired) electrons. The van der Waals surface area contributed by atoms with Crippen molar-refractivity contribution in [3.8, 4) is 0 Å². The van der Waals surface area contributed by atoms with Gasteiger partial charge in [-0.15, -0.1) is 0 Å². The molecule has 1 unspecified atom stereocenters. The number of hydrogen-bond acceptors (Lipinski definition) is 2. The lowest BCUT2D eigenvalue weighted by Crippen LogP contribution is -2.40. The Bertz CT molecular complexity index is 314. The summed E-state index contributed by atoms with van der Waals surface area (Å²) >= 11 is 0. The van der Waals surface area contributed by atoms with E-state index in [9.17, 15) is 18.0 Å². The van der Waals surface area contributed by atoms with Crippen molar-refractivity contribution in [1.82, 2.24) is 4.90 Å². The first-order chi connectivity index (χ1) is 9.24. The van der Waals surface area contributed by atoms with Gasteiger partial charge in [0.15, 0.2) is 0 Å². The van der Waals surface area contributed by atoms with Crippen molar-refractivity contribution >= 4 is 5.91 Å². The highest BCUT2D eigenvalue weighted by Crippen LogP contribution is 2.31. The average Bonchev–Trinajstić information content (AvgIpc) is 3.13. The van der Waals surface area contributed by atoms with Gasteiger partial charge in [-0.05, 0) is 44.1 Å². The van der Waals surface area contributed by atoms with Crippen LogP contribution in [0.5, 0.6) is 0 Å². The maximum atomic E-state index is 12.5. The lowest BCUT2D eigenvalue weighted by atomic mass is 9.88. The zero-order valence-corrected chi connectivity index (χ0v) is 12.2. The molecule has 20 heavy (non-hydrogen) atoms. The van der Waals surface area contributed by atoms with E-state index in [0.29, 0.717) is 37.6 Å². The number of carbonyl (C=O) groups is 1. The zero-order chi connectivity index (χ0) is 15.3. The summed E-state index contributed by atoms with van der Waals surface area (Å²) in [5.74, 6) is 0.326. The molecule has 0 bridgehead atoms. The quantitative estimate of drug-likeness (QED) is 0.748. The summed E-state index contributed by atoms with van der Waals surface area (Å²) in [6, 6.07) is -0.198. The molecule has 1 fully saturated rings. The van der Waals surface area contributed by atoms with Gasteiger partial charge in [0.25, 0.3) is 0 Å². The summed E-state index contributed by atoms with van der Waals surface area (Å²) in [6.45, 7) is 3.55. The van der Waals surface area contributed by atoms with Gasteiger partial charge in [0.1, 0.15) is 6.54 Å². The van der Waals surface area contributed by atoms with E-state index in [1.54, 1.807) is 0 Å². The van der Waals surface area contributed by atoms with Crippen molar-refractivity contribution in [2.24, 2.45) is 17.6 Å². The van der Waals surface area contributed by atoms with Gasteiger partial charge in [0.05, 0.1) is 0 Å². The molecule has 1 saturated carbocycles. The van der Waals surface area contributed by atoms with E-state index in [1.165, 1.54) is 0 Å². The highest BCUT2D eigenvalue weighted by molar-refractivity contribution is 5.77. The predicted molar refractivity (Wildman–Crippen MR) is 72.0 cm³/mol. The Balaban J connectivity index is 2.49. The Labute approximate surface area is 118 Å². The Morgan fingerprint density at radius 3 is 2.30 bits per heavy atom. The van der Waals surface area contributed by atoms with Gasteiger partial charge in [-0.3, -0.25) is 4.79 Å². The molecular formula is C14H25F3N2O. The van der Waals surface area contributed by atoms with E-state index in [1.807, 2.05) is 0 Å². The molecule has 0 spiro atoms. The van der Waals surface area contributed by atoms with Crippen molar-refractivity contribution in [2.75, 3.05) is 13.1 Å². The van der Waals surface area contributed by atoms with Crippen LogP contribution in [-0.2, 0) is 4.79 Å². The molecule has 1 rings (SSSR count). The van der Waals surface area contributed by atoms with Crippen LogP contribution in [0, 0.1) is 11.8 Å². The number of halogens is 3. The fourth-order valence-corrected chi connectivity index (χ4v) is 2.48. The SMILES string of the molecule is CC(C)C(CCN)CCC(=O)N(CC(F)(F)F)C1CC1. The zero-order valence-electron chi connectivity index (χ0n) is 12.2. The molecule has 0 aromatic rings. The molecule has 118 valence electrons. The second-order valence-electron chi connectivity index (χ2n) is 5.99. The predicted octanol–water partition coefficient (Wildman–Crippen LogP) is 2.94. The monoisotopic (exact) mass is 294 g/mol. The van der Waals surface area contributed by atoms with Crippen LogP contribution in [0.3, 0.4) is 0 Å². The fraction of sp³-hybridized carbons (Fsp3) is 0.929. The molecular weight excluding hydrogens is 269 g/mol. The maximum Gasteiger partial charge on any atom is 0.406 e. The molecule has 2 N–H and O–H groups in total. The summed E-state index contributed by atoms with van der Waals surface area (Å²) in [7, 11) is 0. The van der Waals surface area contributed by atoms with Crippen molar-refractivity contribution < 1.29 is 18.0 Å². The van der Waals surface area contributed by atoms with Crippen LogP contribution in [0.15, 0.2) is 0 Å². The molecule has 1 aliphatic carbocycles. The number of nitrogens with two attached hydrogens (primary N) is 1. The Hall–Kier alpha value is -0.780. The minimum atomic E-state index is -4.31. The van der Waals surface area contributed by atoms with Gasteiger partial charge in [-0.2, -0.15) is 13.2 Å². The number of alkyl halides is 3. The van der Waals surface area contributed by atoms with Crippen molar-refractivity contribution in [3.05, 3.63) is 0 Å². The Kier molecular flexibility index (Phi) is 6.30. The van der Waals surface area contributed by atoms with Gasteiger partial charge < -0.3 is 10.6 Å². The van der Waals surface area contributed by atoms with Gasteiger partial charge >= 0.3 is 6.18 Å². The van der Waals surface area contributed by atoms with Gasteiger partial charge in [-0.1, -0.05) is 13.8 Å². The second-order valence-corrected chi connectivity index (χ2v) is 5.99.